The summed E-state index contributed by atoms with van der Waals surface area (Å²) in [6, 6.07) is 74.4. The van der Waals surface area contributed by atoms with Crippen molar-refractivity contribution in [1.82, 2.24) is 9.97 Å². The van der Waals surface area contributed by atoms with Gasteiger partial charge in [-0.05, 0) is 80.6 Å². The molecule has 0 N–H and O–H groups in total. The lowest BCUT2D eigenvalue weighted by atomic mass is 9.90. The number of hydrogen-bond acceptors (Lipinski definition) is 4. The van der Waals surface area contributed by atoms with Crippen molar-refractivity contribution in [3.05, 3.63) is 206 Å². The number of aromatic nitrogens is 2. The number of rotatable bonds is 6. The van der Waals surface area contributed by atoms with Crippen molar-refractivity contribution in [2.24, 2.45) is 0 Å². The molecule has 3 heterocycles. The summed E-state index contributed by atoms with van der Waals surface area (Å²) < 4.78 is 5.01. The summed E-state index contributed by atoms with van der Waals surface area (Å²) in [5.74, 6) is 0.698. The van der Waals surface area contributed by atoms with Crippen LogP contribution in [-0.4, -0.2) is 9.97 Å². The molecule has 0 bridgehead atoms. The van der Waals surface area contributed by atoms with Gasteiger partial charge in [-0.2, -0.15) is 0 Å². The van der Waals surface area contributed by atoms with Crippen molar-refractivity contribution in [3.8, 4) is 67.3 Å². The third kappa shape index (κ3) is 5.84. The van der Waals surface area contributed by atoms with E-state index >= 15 is 0 Å². The van der Waals surface area contributed by atoms with E-state index in [4.69, 9.17) is 9.97 Å². The Balaban J connectivity index is 1.14. The molecular formula is C56H34N2S2. The average Bonchev–Trinajstić information content (AvgIpc) is 3.90. The third-order valence-electron chi connectivity index (χ3n) is 11.7. The molecule has 0 saturated carbocycles. The highest BCUT2D eigenvalue weighted by Crippen LogP contribution is 2.45. The molecule has 0 saturated heterocycles. The maximum atomic E-state index is 5.56. The molecule has 60 heavy (non-hydrogen) atoms. The molecule has 0 aliphatic carbocycles. The van der Waals surface area contributed by atoms with Crippen LogP contribution in [0.2, 0.25) is 0 Å². The zero-order valence-corrected chi connectivity index (χ0v) is 34.0. The predicted octanol–water partition coefficient (Wildman–Crippen LogP) is 16.4. The molecule has 12 aromatic rings. The molecule has 0 atom stereocenters. The first kappa shape index (κ1) is 34.8. The van der Waals surface area contributed by atoms with Gasteiger partial charge in [-0.1, -0.05) is 170 Å². The van der Waals surface area contributed by atoms with Gasteiger partial charge in [0.15, 0.2) is 5.82 Å². The van der Waals surface area contributed by atoms with Crippen molar-refractivity contribution in [1.29, 1.82) is 0 Å². The first-order chi connectivity index (χ1) is 29.7. The second-order valence-corrected chi connectivity index (χ2v) is 17.4. The Morgan fingerprint density at radius 3 is 1.48 bits per heavy atom. The van der Waals surface area contributed by atoms with Gasteiger partial charge in [0.1, 0.15) is 0 Å². The second kappa shape index (κ2) is 14.2. The normalized spacial score (nSPS) is 11.7. The van der Waals surface area contributed by atoms with Crippen LogP contribution in [0.5, 0.6) is 0 Å². The molecule has 0 aliphatic rings. The summed E-state index contributed by atoms with van der Waals surface area (Å²) in [7, 11) is 0. The fraction of sp³-hybridized carbons (Fsp3) is 0. The van der Waals surface area contributed by atoms with E-state index in [1.807, 2.05) is 22.7 Å². The molecule has 12 rings (SSSR count). The number of thiophene rings is 2. The van der Waals surface area contributed by atoms with E-state index in [1.54, 1.807) is 0 Å². The fourth-order valence-corrected chi connectivity index (χ4v) is 11.3. The van der Waals surface area contributed by atoms with E-state index in [0.29, 0.717) is 5.82 Å². The zero-order chi connectivity index (χ0) is 39.6. The summed E-state index contributed by atoms with van der Waals surface area (Å²) >= 11 is 3.67. The largest absolute Gasteiger partial charge is 0.228 e. The van der Waals surface area contributed by atoms with Crippen LogP contribution in [-0.2, 0) is 0 Å². The molecule has 2 nitrogen and oxygen atoms in total. The smallest absolute Gasteiger partial charge is 0.161 e. The summed E-state index contributed by atoms with van der Waals surface area (Å²) in [6.07, 6.45) is 0. The number of fused-ring (bicyclic) bond motifs is 7. The molecule has 0 radical (unpaired) electrons. The van der Waals surface area contributed by atoms with Crippen molar-refractivity contribution in [3.63, 3.8) is 0 Å². The van der Waals surface area contributed by atoms with Crippen LogP contribution in [0.15, 0.2) is 206 Å². The maximum Gasteiger partial charge on any atom is 0.161 e. The Hall–Kier alpha value is -7.24. The van der Waals surface area contributed by atoms with Crippen molar-refractivity contribution in [2.75, 3.05) is 0 Å². The predicted molar refractivity (Wildman–Crippen MR) is 258 cm³/mol. The number of hydrogen-bond donors (Lipinski definition) is 0. The average molecular weight is 799 g/mol. The molecular weight excluding hydrogens is 765 g/mol. The molecule has 0 unspecified atom stereocenters. The molecule has 4 heteroatoms. The van der Waals surface area contributed by atoms with E-state index in [1.165, 1.54) is 62.2 Å². The molecule has 280 valence electrons. The van der Waals surface area contributed by atoms with Crippen LogP contribution in [0.1, 0.15) is 0 Å². The number of benzene rings is 9. The van der Waals surface area contributed by atoms with Crippen LogP contribution in [0, 0.1) is 0 Å². The fourth-order valence-electron chi connectivity index (χ4n) is 8.86. The van der Waals surface area contributed by atoms with E-state index < -0.39 is 0 Å². The first-order valence-corrected chi connectivity index (χ1v) is 21.9. The molecule has 0 aliphatic heterocycles. The highest BCUT2D eigenvalue weighted by Gasteiger charge is 2.20. The standard InChI is InChI=1S/C56H34N2S2/c1-2-14-35(15-3-1)37-18-10-19-38(32-37)49-33-39(41-23-11-17-36-16-4-5-20-40(36)41)30-31-46(49)56-57-50(47-26-12-24-44-42-21-6-8-28-52(42)59-54(44)47)34-51(58-56)48-27-13-25-45-43-22-7-9-29-53(43)60-55(45)48/h1-34H. The highest BCUT2D eigenvalue weighted by atomic mass is 32.1. The van der Waals surface area contributed by atoms with E-state index in [2.05, 4.69) is 206 Å². The molecule has 3 aromatic heterocycles. The summed E-state index contributed by atoms with van der Waals surface area (Å²) in [5.41, 5.74) is 11.9. The van der Waals surface area contributed by atoms with E-state index in [0.717, 1.165) is 50.3 Å². The van der Waals surface area contributed by atoms with Gasteiger partial charge in [0.05, 0.1) is 11.4 Å². The van der Waals surface area contributed by atoms with Crippen LogP contribution in [0.3, 0.4) is 0 Å². The van der Waals surface area contributed by atoms with Gasteiger partial charge in [-0.25, -0.2) is 9.97 Å². The van der Waals surface area contributed by atoms with Gasteiger partial charge in [-0.15, -0.1) is 22.7 Å². The Bertz CT molecular complexity index is 3480. The van der Waals surface area contributed by atoms with Gasteiger partial charge in [0.25, 0.3) is 0 Å². The van der Waals surface area contributed by atoms with Crippen molar-refractivity contribution < 1.29 is 0 Å². The minimum absolute atomic E-state index is 0.698. The summed E-state index contributed by atoms with van der Waals surface area (Å²) in [6.45, 7) is 0. The summed E-state index contributed by atoms with van der Waals surface area (Å²) in [5, 5.41) is 7.49. The SMILES string of the molecule is c1ccc(-c2cccc(-c3cc(-c4cccc5ccccc45)ccc3-c3nc(-c4cccc5c4sc4ccccc45)cc(-c4cccc5c4sc4ccccc45)n3)c2)cc1. The molecule has 0 spiro atoms. The topological polar surface area (TPSA) is 25.8 Å². The van der Waals surface area contributed by atoms with Gasteiger partial charge in [0, 0.05) is 57.0 Å². The van der Waals surface area contributed by atoms with Crippen LogP contribution >= 0.6 is 22.7 Å². The van der Waals surface area contributed by atoms with E-state index in [-0.39, 0.29) is 0 Å². The van der Waals surface area contributed by atoms with Crippen LogP contribution in [0.25, 0.3) is 118 Å². The van der Waals surface area contributed by atoms with Gasteiger partial charge in [0.2, 0.25) is 0 Å². The number of nitrogens with zero attached hydrogens (tertiary/aromatic N) is 2. The van der Waals surface area contributed by atoms with Crippen LogP contribution in [0.4, 0.5) is 0 Å². The lowest BCUT2D eigenvalue weighted by Gasteiger charge is -2.16. The quantitative estimate of drug-likeness (QED) is 0.167. The Kier molecular flexibility index (Phi) is 8.25. The van der Waals surface area contributed by atoms with Gasteiger partial charge >= 0.3 is 0 Å². The molecule has 9 aromatic carbocycles. The van der Waals surface area contributed by atoms with Crippen LogP contribution < -0.4 is 0 Å². The first-order valence-electron chi connectivity index (χ1n) is 20.2. The highest BCUT2D eigenvalue weighted by molar-refractivity contribution is 7.26. The van der Waals surface area contributed by atoms with E-state index in [9.17, 15) is 0 Å². The molecule has 0 amide bonds. The molecule has 0 fully saturated rings. The monoisotopic (exact) mass is 798 g/mol. The van der Waals surface area contributed by atoms with Crippen molar-refractivity contribution >= 4 is 73.8 Å². The lowest BCUT2D eigenvalue weighted by molar-refractivity contribution is 1.19. The zero-order valence-electron chi connectivity index (χ0n) is 32.3. The third-order valence-corrected chi connectivity index (χ3v) is 14.2. The maximum absolute atomic E-state index is 5.56. The lowest BCUT2D eigenvalue weighted by Crippen LogP contribution is -1.98. The minimum Gasteiger partial charge on any atom is -0.228 e. The Morgan fingerprint density at radius 2 is 0.783 bits per heavy atom. The summed E-state index contributed by atoms with van der Waals surface area (Å²) in [4.78, 5) is 11.1. The Labute approximate surface area is 355 Å². The van der Waals surface area contributed by atoms with Gasteiger partial charge in [-0.3, -0.25) is 0 Å². The van der Waals surface area contributed by atoms with Gasteiger partial charge < -0.3 is 0 Å². The Morgan fingerprint density at radius 1 is 0.283 bits per heavy atom. The second-order valence-electron chi connectivity index (χ2n) is 15.3. The minimum atomic E-state index is 0.698. The van der Waals surface area contributed by atoms with Crippen molar-refractivity contribution in [2.45, 2.75) is 0 Å².